The fourth-order valence-electron chi connectivity index (χ4n) is 5.10. The highest BCUT2D eigenvalue weighted by Gasteiger charge is 2.44. The fourth-order valence-corrected chi connectivity index (χ4v) is 5.10. The van der Waals surface area contributed by atoms with Gasteiger partial charge in [-0.1, -0.05) is 24.3 Å². The number of alkyl halides is 3. The smallest absolute Gasteiger partial charge is 0.421 e. The maximum Gasteiger partial charge on any atom is 0.421 e. The first-order valence-electron chi connectivity index (χ1n) is 13.2. The number of nitrogens with zero attached hydrogens (tertiary/aromatic N) is 5. The number of aromatic nitrogens is 4. The molecule has 2 aromatic carbocycles. The summed E-state index contributed by atoms with van der Waals surface area (Å²) in [4.78, 5) is 23.0. The summed E-state index contributed by atoms with van der Waals surface area (Å²) < 4.78 is 48.9. The number of halogens is 3. The Morgan fingerprint density at radius 1 is 1.02 bits per heavy atom. The second-order valence-electron chi connectivity index (χ2n) is 10.1. The summed E-state index contributed by atoms with van der Waals surface area (Å²) in [5.74, 6) is 0.439. The quantitative estimate of drug-likeness (QED) is 0.295. The van der Waals surface area contributed by atoms with Gasteiger partial charge in [0.25, 0.3) is 5.91 Å². The van der Waals surface area contributed by atoms with Gasteiger partial charge in [-0.3, -0.25) is 4.79 Å². The molecule has 206 valence electrons. The van der Waals surface area contributed by atoms with Crippen LogP contribution in [0, 0.1) is 5.92 Å². The van der Waals surface area contributed by atoms with Crippen molar-refractivity contribution < 1.29 is 22.7 Å². The predicted molar refractivity (Wildman–Crippen MR) is 143 cm³/mol. The number of fused-ring (bicyclic) bond motifs is 1. The van der Waals surface area contributed by atoms with E-state index in [0.717, 1.165) is 11.6 Å². The molecule has 40 heavy (non-hydrogen) atoms. The minimum absolute atomic E-state index is 0.177. The summed E-state index contributed by atoms with van der Waals surface area (Å²) >= 11 is 0. The molecule has 1 amide bonds. The van der Waals surface area contributed by atoms with Gasteiger partial charge in [-0.25, -0.2) is 14.6 Å². The number of amides is 1. The normalized spacial score (nSPS) is 17.9. The van der Waals surface area contributed by atoms with Crippen LogP contribution >= 0.6 is 0 Å². The van der Waals surface area contributed by atoms with Crippen LogP contribution in [0.4, 0.5) is 19.0 Å². The topological polar surface area (TPSA) is 99.2 Å². The standard InChI is InChI=1S/C29H27F3N6O2/c30-29(31,32)23(15-18-8-9-18)28(39)37-14-4-5-20(37)16-38-27-24(26(33)34-17-35-27)25(36-38)19-10-12-22(13-11-19)40-21-6-2-1-3-7-21/h1-3,6-7,10-13,15,17-18,20H,4-5,8-9,14,16H2,(H2,33,34,35)/t20-/m1/s1. The first-order chi connectivity index (χ1) is 19.3. The molecule has 2 N–H and O–H groups in total. The molecule has 1 saturated carbocycles. The van der Waals surface area contributed by atoms with E-state index in [9.17, 15) is 18.0 Å². The number of rotatable bonds is 7. The van der Waals surface area contributed by atoms with Gasteiger partial charge in [-0.05, 0) is 68.0 Å². The predicted octanol–water partition coefficient (Wildman–Crippen LogP) is 5.76. The van der Waals surface area contributed by atoms with Crippen LogP contribution < -0.4 is 10.5 Å². The van der Waals surface area contributed by atoms with Gasteiger partial charge in [0, 0.05) is 12.1 Å². The highest BCUT2D eigenvalue weighted by Crippen LogP contribution is 2.38. The van der Waals surface area contributed by atoms with Crippen LogP contribution in [0.15, 0.2) is 72.6 Å². The zero-order valence-corrected chi connectivity index (χ0v) is 21.5. The monoisotopic (exact) mass is 548 g/mol. The molecule has 2 fully saturated rings. The highest BCUT2D eigenvalue weighted by atomic mass is 19.4. The summed E-state index contributed by atoms with van der Waals surface area (Å²) in [5, 5.41) is 5.30. The number of hydrogen-bond acceptors (Lipinski definition) is 6. The van der Waals surface area contributed by atoms with Gasteiger partial charge in [-0.15, -0.1) is 0 Å². The number of allylic oxidation sites excluding steroid dienone is 1. The lowest BCUT2D eigenvalue weighted by molar-refractivity contribution is -0.140. The zero-order chi connectivity index (χ0) is 27.9. The Morgan fingerprint density at radius 2 is 1.75 bits per heavy atom. The number of carbonyl (C=O) groups excluding carboxylic acids is 1. The molecule has 1 aliphatic heterocycles. The molecule has 1 saturated heterocycles. The number of nitrogen functional groups attached to an aromatic ring is 1. The molecular formula is C29H27F3N6O2. The molecule has 0 radical (unpaired) electrons. The second kappa shape index (κ2) is 10.3. The molecule has 11 heteroatoms. The number of carbonyl (C=O) groups is 1. The van der Waals surface area contributed by atoms with E-state index in [0.29, 0.717) is 53.9 Å². The van der Waals surface area contributed by atoms with Gasteiger partial charge < -0.3 is 15.4 Å². The second-order valence-corrected chi connectivity index (χ2v) is 10.1. The maximum atomic E-state index is 13.8. The molecular weight excluding hydrogens is 521 g/mol. The van der Waals surface area contributed by atoms with E-state index in [1.54, 1.807) is 4.68 Å². The van der Waals surface area contributed by atoms with Crippen molar-refractivity contribution in [3.05, 3.63) is 72.6 Å². The van der Waals surface area contributed by atoms with E-state index in [-0.39, 0.29) is 24.8 Å². The molecule has 0 bridgehead atoms. The fraction of sp³-hybridized carbons (Fsp3) is 0.310. The van der Waals surface area contributed by atoms with Gasteiger partial charge in [0.1, 0.15) is 34.9 Å². The molecule has 8 nitrogen and oxygen atoms in total. The highest BCUT2D eigenvalue weighted by molar-refractivity contribution is 5.98. The number of nitrogens with two attached hydrogens (primary N) is 1. The molecule has 4 aromatic rings. The van der Waals surface area contributed by atoms with Crippen molar-refractivity contribution in [1.29, 1.82) is 0 Å². The van der Waals surface area contributed by atoms with E-state index >= 15 is 0 Å². The number of para-hydroxylation sites is 1. The van der Waals surface area contributed by atoms with Crippen LogP contribution in [0.1, 0.15) is 25.7 Å². The van der Waals surface area contributed by atoms with Crippen molar-refractivity contribution in [2.24, 2.45) is 5.92 Å². The van der Waals surface area contributed by atoms with Gasteiger partial charge in [0.15, 0.2) is 5.65 Å². The number of ether oxygens (including phenoxy) is 1. The lowest BCUT2D eigenvalue weighted by Gasteiger charge is -2.26. The Balaban J connectivity index is 1.29. The number of hydrogen-bond donors (Lipinski definition) is 1. The average Bonchev–Trinajstić information content (AvgIpc) is 3.52. The molecule has 3 heterocycles. The summed E-state index contributed by atoms with van der Waals surface area (Å²) in [6.07, 6.45) is 0.251. The van der Waals surface area contributed by atoms with Gasteiger partial charge in [-0.2, -0.15) is 18.3 Å². The molecule has 2 aromatic heterocycles. The molecule has 0 unspecified atom stereocenters. The van der Waals surface area contributed by atoms with Crippen LogP contribution in [-0.4, -0.2) is 49.3 Å². The Morgan fingerprint density at radius 3 is 2.45 bits per heavy atom. The molecule has 0 spiro atoms. The third-order valence-corrected chi connectivity index (χ3v) is 7.25. The van der Waals surface area contributed by atoms with Gasteiger partial charge in [0.2, 0.25) is 0 Å². The molecule has 1 aliphatic carbocycles. The Kier molecular flexibility index (Phi) is 6.65. The van der Waals surface area contributed by atoms with E-state index in [2.05, 4.69) is 9.97 Å². The Hall–Kier alpha value is -4.41. The lowest BCUT2D eigenvalue weighted by Crippen LogP contribution is -2.41. The van der Waals surface area contributed by atoms with Crippen LogP contribution in [0.5, 0.6) is 11.5 Å². The third-order valence-electron chi connectivity index (χ3n) is 7.25. The van der Waals surface area contributed by atoms with Crippen LogP contribution in [-0.2, 0) is 11.3 Å². The number of benzene rings is 2. The molecule has 2 aliphatic rings. The van der Waals surface area contributed by atoms with Gasteiger partial charge in [0.05, 0.1) is 18.0 Å². The Labute approximate surface area is 228 Å². The minimum Gasteiger partial charge on any atom is -0.457 e. The molecule has 1 atom stereocenters. The van der Waals surface area contributed by atoms with E-state index < -0.39 is 23.7 Å². The lowest BCUT2D eigenvalue weighted by atomic mass is 10.1. The summed E-state index contributed by atoms with van der Waals surface area (Å²) in [7, 11) is 0. The Bertz CT molecular complexity index is 1560. The number of anilines is 1. The summed E-state index contributed by atoms with van der Waals surface area (Å²) in [5.41, 5.74) is 6.91. The summed E-state index contributed by atoms with van der Waals surface area (Å²) in [6, 6.07) is 16.3. The average molecular weight is 549 g/mol. The SMILES string of the molecule is Nc1ncnc2c1c(-c1ccc(Oc3ccccc3)cc1)nn2C[C@H]1CCCN1C(=O)C(=CC1CC1)C(F)(F)F. The first kappa shape index (κ1) is 25.8. The van der Waals surface area contributed by atoms with Crippen molar-refractivity contribution in [2.45, 2.75) is 44.4 Å². The third kappa shape index (κ3) is 5.23. The van der Waals surface area contributed by atoms with Gasteiger partial charge >= 0.3 is 6.18 Å². The van der Waals surface area contributed by atoms with E-state index in [1.165, 1.54) is 11.2 Å². The minimum atomic E-state index is -4.70. The van der Waals surface area contributed by atoms with Crippen LogP contribution in [0.2, 0.25) is 0 Å². The van der Waals surface area contributed by atoms with E-state index in [1.807, 2.05) is 54.6 Å². The number of likely N-dealkylation sites (tertiary alicyclic amines) is 1. The van der Waals surface area contributed by atoms with E-state index in [4.69, 9.17) is 15.6 Å². The van der Waals surface area contributed by atoms with Crippen molar-refractivity contribution in [1.82, 2.24) is 24.6 Å². The van der Waals surface area contributed by atoms with Crippen molar-refractivity contribution >= 4 is 22.8 Å². The molecule has 6 rings (SSSR count). The zero-order valence-electron chi connectivity index (χ0n) is 21.5. The summed E-state index contributed by atoms with van der Waals surface area (Å²) in [6.45, 7) is 0.441. The van der Waals surface area contributed by atoms with Crippen molar-refractivity contribution in [3.63, 3.8) is 0 Å². The van der Waals surface area contributed by atoms with Crippen molar-refractivity contribution in [2.75, 3.05) is 12.3 Å². The van der Waals surface area contributed by atoms with Crippen molar-refractivity contribution in [3.8, 4) is 22.8 Å². The first-order valence-corrected chi connectivity index (χ1v) is 13.2. The van der Waals surface area contributed by atoms with Crippen LogP contribution in [0.25, 0.3) is 22.3 Å². The largest absolute Gasteiger partial charge is 0.457 e. The van der Waals surface area contributed by atoms with Crippen LogP contribution in [0.3, 0.4) is 0 Å². The maximum absolute atomic E-state index is 13.8.